The number of aryl methyl sites for hydroxylation is 1. The Bertz CT molecular complexity index is 936. The van der Waals surface area contributed by atoms with Gasteiger partial charge in [0.05, 0.1) is 12.5 Å². The molecule has 2 rings (SSSR count). The van der Waals surface area contributed by atoms with Crippen LogP contribution in [0.15, 0.2) is 60.3 Å². The van der Waals surface area contributed by atoms with Crippen molar-refractivity contribution in [3.63, 3.8) is 0 Å². The summed E-state index contributed by atoms with van der Waals surface area (Å²) in [4.78, 5) is 28.5. The summed E-state index contributed by atoms with van der Waals surface area (Å²) in [6.45, 7) is 8.79. The standard InChI is InChI=1S/C29H41NO6/c1-20(12-14-24-11-6-7-18-30-24)9-8-10-21(2)28-22(3)13-15-26(35-23(4)31)29(5,34)17-16-25(32)19-27(33)36-28/h6-11,13,15,18,20,22,25-26,28,32,34H,12,14,16-17,19H2,1-5H3/b9-8+,15-13+,21-10+/t20?,22-,25-,26-,28+,29-/m0/s1. The van der Waals surface area contributed by atoms with E-state index in [1.54, 1.807) is 25.3 Å². The van der Waals surface area contributed by atoms with E-state index < -0.39 is 35.9 Å². The Morgan fingerprint density at radius 2 is 2.08 bits per heavy atom. The quantitative estimate of drug-likeness (QED) is 0.324. The Kier molecular flexibility index (Phi) is 11.5. The number of rotatable bonds is 7. The lowest BCUT2D eigenvalue weighted by atomic mass is 9.88. The number of ether oxygens (including phenoxy) is 2. The van der Waals surface area contributed by atoms with Crippen molar-refractivity contribution in [1.82, 2.24) is 4.98 Å². The normalized spacial score (nSPS) is 30.1. The third-order valence-corrected chi connectivity index (χ3v) is 6.45. The Balaban J connectivity index is 2.17. The average Bonchev–Trinajstić information content (AvgIpc) is 2.82. The summed E-state index contributed by atoms with van der Waals surface area (Å²) >= 11 is 0. The first-order valence-corrected chi connectivity index (χ1v) is 12.7. The van der Waals surface area contributed by atoms with E-state index in [1.165, 1.54) is 6.92 Å². The minimum absolute atomic E-state index is 0.157. The lowest BCUT2D eigenvalue weighted by Crippen LogP contribution is -2.42. The maximum atomic E-state index is 12.6. The zero-order valence-corrected chi connectivity index (χ0v) is 22.1. The summed E-state index contributed by atoms with van der Waals surface area (Å²) in [6.07, 6.45) is 10.9. The van der Waals surface area contributed by atoms with E-state index in [-0.39, 0.29) is 25.2 Å². The first-order chi connectivity index (χ1) is 17.0. The van der Waals surface area contributed by atoms with Gasteiger partial charge >= 0.3 is 11.9 Å². The number of cyclic esters (lactones) is 1. The van der Waals surface area contributed by atoms with Gasteiger partial charge in [0.1, 0.15) is 17.8 Å². The lowest BCUT2D eigenvalue weighted by Gasteiger charge is -2.32. The first-order valence-electron chi connectivity index (χ1n) is 12.7. The molecule has 1 aliphatic heterocycles. The van der Waals surface area contributed by atoms with Crippen molar-refractivity contribution in [1.29, 1.82) is 0 Å². The van der Waals surface area contributed by atoms with Gasteiger partial charge in [-0.25, -0.2) is 0 Å². The topological polar surface area (TPSA) is 106 Å². The molecule has 0 spiro atoms. The molecule has 36 heavy (non-hydrogen) atoms. The zero-order valence-electron chi connectivity index (χ0n) is 22.1. The van der Waals surface area contributed by atoms with Gasteiger partial charge in [0, 0.05) is 24.7 Å². The van der Waals surface area contributed by atoms with Crippen molar-refractivity contribution < 1.29 is 29.3 Å². The van der Waals surface area contributed by atoms with E-state index in [1.807, 2.05) is 44.2 Å². The van der Waals surface area contributed by atoms with E-state index in [2.05, 4.69) is 18.0 Å². The van der Waals surface area contributed by atoms with Crippen molar-refractivity contribution in [2.45, 2.75) is 90.6 Å². The predicted octanol–water partition coefficient (Wildman–Crippen LogP) is 4.48. The lowest BCUT2D eigenvalue weighted by molar-refractivity contribution is -0.157. The van der Waals surface area contributed by atoms with Gasteiger partial charge in [0.15, 0.2) is 0 Å². The van der Waals surface area contributed by atoms with Gasteiger partial charge in [-0.05, 0) is 69.2 Å². The van der Waals surface area contributed by atoms with E-state index in [9.17, 15) is 19.8 Å². The van der Waals surface area contributed by atoms with Crippen LogP contribution in [0.25, 0.3) is 0 Å². The van der Waals surface area contributed by atoms with Crippen LogP contribution < -0.4 is 0 Å². The first kappa shape index (κ1) is 29.5. The summed E-state index contributed by atoms with van der Waals surface area (Å²) in [5.41, 5.74) is 0.523. The Hall–Kier alpha value is -2.77. The van der Waals surface area contributed by atoms with Crippen LogP contribution in [-0.4, -0.2) is 51.0 Å². The second-order valence-corrected chi connectivity index (χ2v) is 10.1. The Labute approximate surface area is 214 Å². The summed E-state index contributed by atoms with van der Waals surface area (Å²) in [6, 6.07) is 5.92. The van der Waals surface area contributed by atoms with Gasteiger partial charge < -0.3 is 19.7 Å². The molecule has 1 aliphatic rings. The highest BCUT2D eigenvalue weighted by Crippen LogP contribution is 2.27. The summed E-state index contributed by atoms with van der Waals surface area (Å²) in [7, 11) is 0. The molecule has 0 saturated carbocycles. The van der Waals surface area contributed by atoms with Crippen molar-refractivity contribution >= 4 is 11.9 Å². The van der Waals surface area contributed by atoms with Crippen molar-refractivity contribution in [3.05, 3.63) is 66.0 Å². The summed E-state index contributed by atoms with van der Waals surface area (Å²) < 4.78 is 11.1. The molecule has 0 aliphatic carbocycles. The van der Waals surface area contributed by atoms with Crippen LogP contribution in [0.3, 0.4) is 0 Å². The molecule has 6 atom stereocenters. The van der Waals surface area contributed by atoms with Crippen molar-refractivity contribution in [3.8, 4) is 0 Å². The van der Waals surface area contributed by atoms with Gasteiger partial charge in [-0.15, -0.1) is 0 Å². The molecule has 0 radical (unpaired) electrons. The van der Waals surface area contributed by atoms with Gasteiger partial charge in [-0.3, -0.25) is 14.6 Å². The highest BCUT2D eigenvalue weighted by molar-refractivity contribution is 5.70. The highest BCUT2D eigenvalue weighted by Gasteiger charge is 2.35. The van der Waals surface area contributed by atoms with Gasteiger partial charge in [-0.1, -0.05) is 44.2 Å². The summed E-state index contributed by atoms with van der Waals surface area (Å²) in [5.74, 6) is -0.920. The molecule has 0 amide bonds. The van der Waals surface area contributed by atoms with Crippen molar-refractivity contribution in [2.24, 2.45) is 11.8 Å². The molecule has 198 valence electrons. The molecule has 7 heteroatoms. The van der Waals surface area contributed by atoms with Gasteiger partial charge in [0.25, 0.3) is 0 Å². The number of allylic oxidation sites excluding steroid dienone is 3. The maximum absolute atomic E-state index is 12.6. The fourth-order valence-corrected chi connectivity index (χ4v) is 4.14. The monoisotopic (exact) mass is 499 g/mol. The molecule has 2 N–H and O–H groups in total. The number of esters is 2. The molecule has 2 heterocycles. The van der Waals surface area contributed by atoms with Crippen LogP contribution in [-0.2, 0) is 25.5 Å². The molecule has 0 aromatic carbocycles. The highest BCUT2D eigenvalue weighted by atomic mass is 16.6. The Morgan fingerprint density at radius 1 is 1.33 bits per heavy atom. The molecule has 0 fully saturated rings. The Morgan fingerprint density at radius 3 is 2.75 bits per heavy atom. The van der Waals surface area contributed by atoms with E-state index in [0.717, 1.165) is 24.1 Å². The predicted molar refractivity (Wildman–Crippen MR) is 139 cm³/mol. The summed E-state index contributed by atoms with van der Waals surface area (Å²) in [5, 5.41) is 21.2. The minimum atomic E-state index is -1.39. The van der Waals surface area contributed by atoms with E-state index >= 15 is 0 Å². The van der Waals surface area contributed by atoms with Crippen LogP contribution in [0.4, 0.5) is 0 Å². The van der Waals surface area contributed by atoms with E-state index in [0.29, 0.717) is 5.92 Å². The largest absolute Gasteiger partial charge is 0.457 e. The van der Waals surface area contributed by atoms with Gasteiger partial charge in [0.2, 0.25) is 0 Å². The van der Waals surface area contributed by atoms with Crippen LogP contribution in [0, 0.1) is 11.8 Å². The van der Waals surface area contributed by atoms with Crippen LogP contribution in [0.1, 0.15) is 66.0 Å². The molecular formula is C29H41NO6. The third kappa shape index (κ3) is 10.1. The molecular weight excluding hydrogens is 458 g/mol. The number of aliphatic hydroxyl groups excluding tert-OH is 1. The van der Waals surface area contributed by atoms with Crippen LogP contribution in [0.5, 0.6) is 0 Å². The van der Waals surface area contributed by atoms with Crippen LogP contribution in [0.2, 0.25) is 0 Å². The number of carbonyl (C=O) groups is 2. The number of carbonyl (C=O) groups excluding carboxylic acids is 2. The number of aliphatic hydroxyl groups is 2. The fraction of sp³-hybridized carbons (Fsp3) is 0.552. The van der Waals surface area contributed by atoms with Crippen LogP contribution >= 0.6 is 0 Å². The molecule has 1 aromatic rings. The second kappa shape index (κ2) is 14.1. The second-order valence-electron chi connectivity index (χ2n) is 10.1. The SMILES string of the molecule is CC(=O)O[C@H]1/C=C/[C@H](C)[C@@H](/C(C)=C/C=C/C(C)CCc2ccccn2)OC(=O)C[C@@H](O)CC[C@]1(C)O. The van der Waals surface area contributed by atoms with E-state index in [4.69, 9.17) is 9.47 Å². The molecule has 7 nitrogen and oxygen atoms in total. The molecule has 1 aromatic heterocycles. The number of nitrogens with zero attached hydrogens (tertiary/aromatic N) is 1. The minimum Gasteiger partial charge on any atom is -0.457 e. The van der Waals surface area contributed by atoms with Gasteiger partial charge in [-0.2, -0.15) is 0 Å². The van der Waals surface area contributed by atoms with Crippen molar-refractivity contribution in [2.75, 3.05) is 0 Å². The average molecular weight is 500 g/mol. The molecule has 1 unspecified atom stereocenters. The molecule has 0 bridgehead atoms. The number of hydrogen-bond donors (Lipinski definition) is 2. The zero-order chi connectivity index (χ0) is 26.7. The maximum Gasteiger partial charge on any atom is 0.309 e. The third-order valence-electron chi connectivity index (χ3n) is 6.45. The fourth-order valence-electron chi connectivity index (χ4n) is 4.14. The molecule has 0 saturated heterocycles. The number of pyridine rings is 1. The number of hydrogen-bond acceptors (Lipinski definition) is 7. The number of aromatic nitrogens is 1. The smallest absolute Gasteiger partial charge is 0.309 e.